The van der Waals surface area contributed by atoms with E-state index in [0.29, 0.717) is 32.5 Å². The molecule has 3 amide bonds. The average molecular weight is 267 g/mol. The van der Waals surface area contributed by atoms with Gasteiger partial charge in [0.1, 0.15) is 6.04 Å². The Labute approximate surface area is 112 Å². The van der Waals surface area contributed by atoms with Crippen molar-refractivity contribution in [1.29, 1.82) is 0 Å². The van der Waals surface area contributed by atoms with Crippen LogP contribution in [0.4, 0.5) is 0 Å². The minimum Gasteiger partial charge on any atom is -0.356 e. The maximum Gasteiger partial charge on any atom is 0.242 e. The summed E-state index contributed by atoms with van der Waals surface area (Å²) in [5, 5.41) is 5.56. The van der Waals surface area contributed by atoms with E-state index in [1.54, 1.807) is 11.8 Å². The summed E-state index contributed by atoms with van der Waals surface area (Å²) in [5.74, 6) is 0.212. The highest BCUT2D eigenvalue weighted by Crippen LogP contribution is 2.28. The van der Waals surface area contributed by atoms with Gasteiger partial charge in [-0.2, -0.15) is 0 Å². The van der Waals surface area contributed by atoms with Gasteiger partial charge in [-0.15, -0.1) is 0 Å². The molecule has 19 heavy (non-hydrogen) atoms. The van der Waals surface area contributed by atoms with Gasteiger partial charge in [0.05, 0.1) is 0 Å². The van der Waals surface area contributed by atoms with Crippen molar-refractivity contribution in [3.8, 4) is 0 Å². The van der Waals surface area contributed by atoms with Gasteiger partial charge in [0.25, 0.3) is 0 Å². The molecule has 0 bridgehead atoms. The van der Waals surface area contributed by atoms with Crippen LogP contribution in [0.3, 0.4) is 0 Å². The molecule has 1 heterocycles. The lowest BCUT2D eigenvalue weighted by atomic mass is 10.1. The fourth-order valence-electron chi connectivity index (χ4n) is 2.21. The summed E-state index contributed by atoms with van der Waals surface area (Å²) in [6.45, 7) is 3.37. The molecule has 0 aromatic heterocycles. The van der Waals surface area contributed by atoms with E-state index in [1.165, 1.54) is 0 Å². The summed E-state index contributed by atoms with van der Waals surface area (Å²) in [5.41, 5.74) is 0. The van der Waals surface area contributed by atoms with Crippen LogP contribution in [0, 0.1) is 5.92 Å². The van der Waals surface area contributed by atoms with Crippen molar-refractivity contribution in [3.63, 3.8) is 0 Å². The van der Waals surface area contributed by atoms with E-state index in [4.69, 9.17) is 0 Å². The van der Waals surface area contributed by atoms with Crippen LogP contribution in [0.25, 0.3) is 0 Å². The molecule has 1 aliphatic carbocycles. The van der Waals surface area contributed by atoms with Gasteiger partial charge >= 0.3 is 0 Å². The Morgan fingerprint density at radius 1 is 1.42 bits per heavy atom. The van der Waals surface area contributed by atoms with Crippen LogP contribution >= 0.6 is 0 Å². The quantitative estimate of drug-likeness (QED) is 0.668. The number of hydrogen-bond donors (Lipinski definition) is 2. The van der Waals surface area contributed by atoms with Gasteiger partial charge in [0.2, 0.25) is 17.7 Å². The monoisotopic (exact) mass is 267 g/mol. The number of rotatable bonds is 5. The molecule has 0 aromatic carbocycles. The number of hydrogen-bond acceptors (Lipinski definition) is 3. The van der Waals surface area contributed by atoms with E-state index >= 15 is 0 Å². The van der Waals surface area contributed by atoms with Gasteiger partial charge in [-0.1, -0.05) is 0 Å². The first kappa shape index (κ1) is 13.8. The maximum atomic E-state index is 12.0. The summed E-state index contributed by atoms with van der Waals surface area (Å²) in [6.07, 6.45) is 2.99. The first-order valence-electron chi connectivity index (χ1n) is 6.94. The highest BCUT2D eigenvalue weighted by Gasteiger charge is 2.30. The largest absolute Gasteiger partial charge is 0.356 e. The molecule has 2 fully saturated rings. The van der Waals surface area contributed by atoms with E-state index < -0.39 is 0 Å². The molecular weight excluding hydrogens is 246 g/mol. The van der Waals surface area contributed by atoms with E-state index in [2.05, 4.69) is 10.6 Å². The summed E-state index contributed by atoms with van der Waals surface area (Å²) < 4.78 is 0. The van der Waals surface area contributed by atoms with Crippen molar-refractivity contribution in [3.05, 3.63) is 0 Å². The standard InChI is InChI=1S/C13H21N3O3/c1-9-12(18)15-7-8-16(9)11(17)3-2-6-14-13(19)10-4-5-10/h9-10H,2-8H2,1H3,(H,14,19)(H,15,18). The molecule has 0 aromatic rings. The van der Waals surface area contributed by atoms with Crippen molar-refractivity contribution in [1.82, 2.24) is 15.5 Å². The van der Waals surface area contributed by atoms with Crippen LogP contribution in [0.5, 0.6) is 0 Å². The highest BCUT2D eigenvalue weighted by atomic mass is 16.2. The zero-order chi connectivity index (χ0) is 13.8. The van der Waals surface area contributed by atoms with Crippen molar-refractivity contribution in [2.75, 3.05) is 19.6 Å². The third kappa shape index (κ3) is 3.68. The van der Waals surface area contributed by atoms with Gasteiger partial charge in [0, 0.05) is 32.0 Å². The Morgan fingerprint density at radius 2 is 2.16 bits per heavy atom. The van der Waals surface area contributed by atoms with Gasteiger partial charge in [0.15, 0.2) is 0 Å². The predicted molar refractivity (Wildman–Crippen MR) is 69.2 cm³/mol. The van der Waals surface area contributed by atoms with Gasteiger partial charge < -0.3 is 15.5 Å². The zero-order valence-corrected chi connectivity index (χ0v) is 11.3. The molecule has 2 aliphatic rings. The molecule has 6 nitrogen and oxygen atoms in total. The molecule has 2 rings (SSSR count). The third-order valence-electron chi connectivity index (χ3n) is 3.63. The second-order valence-electron chi connectivity index (χ2n) is 5.22. The summed E-state index contributed by atoms with van der Waals surface area (Å²) in [6, 6.07) is -0.387. The number of nitrogens with one attached hydrogen (secondary N) is 2. The maximum absolute atomic E-state index is 12.0. The zero-order valence-electron chi connectivity index (χ0n) is 11.3. The van der Waals surface area contributed by atoms with Crippen LogP contribution in [0.1, 0.15) is 32.6 Å². The molecule has 106 valence electrons. The summed E-state index contributed by atoms with van der Waals surface area (Å²) in [4.78, 5) is 36.4. The molecule has 1 saturated carbocycles. The van der Waals surface area contributed by atoms with Crippen LogP contribution in [0.15, 0.2) is 0 Å². The van der Waals surface area contributed by atoms with E-state index in [1.807, 2.05) is 0 Å². The normalized spacial score (nSPS) is 22.9. The second kappa shape index (κ2) is 6.04. The predicted octanol–water partition coefficient (Wildman–Crippen LogP) is -0.360. The van der Waals surface area contributed by atoms with Crippen LogP contribution in [-0.2, 0) is 14.4 Å². The Balaban J connectivity index is 1.65. The molecule has 1 saturated heterocycles. The lowest BCUT2D eigenvalue weighted by Crippen LogP contribution is -2.55. The summed E-state index contributed by atoms with van der Waals surface area (Å²) >= 11 is 0. The van der Waals surface area contributed by atoms with Crippen molar-refractivity contribution < 1.29 is 14.4 Å². The molecule has 0 spiro atoms. The number of carbonyl (C=O) groups is 3. The molecule has 1 aliphatic heterocycles. The van der Waals surface area contributed by atoms with E-state index in [-0.39, 0.29) is 29.7 Å². The van der Waals surface area contributed by atoms with E-state index in [9.17, 15) is 14.4 Å². The summed E-state index contributed by atoms with van der Waals surface area (Å²) in [7, 11) is 0. The Morgan fingerprint density at radius 3 is 2.84 bits per heavy atom. The first-order chi connectivity index (χ1) is 9.09. The second-order valence-corrected chi connectivity index (χ2v) is 5.22. The Hall–Kier alpha value is -1.59. The van der Waals surface area contributed by atoms with Gasteiger partial charge in [-0.3, -0.25) is 14.4 Å². The van der Waals surface area contributed by atoms with Gasteiger partial charge in [-0.05, 0) is 26.2 Å². The smallest absolute Gasteiger partial charge is 0.242 e. The topological polar surface area (TPSA) is 78.5 Å². The van der Waals surface area contributed by atoms with Crippen LogP contribution in [-0.4, -0.2) is 48.3 Å². The number of piperazine rings is 1. The van der Waals surface area contributed by atoms with Crippen LogP contribution in [0.2, 0.25) is 0 Å². The fraction of sp³-hybridized carbons (Fsp3) is 0.769. The lowest BCUT2D eigenvalue weighted by Gasteiger charge is -2.32. The lowest BCUT2D eigenvalue weighted by molar-refractivity contribution is -0.142. The van der Waals surface area contributed by atoms with Gasteiger partial charge in [-0.25, -0.2) is 0 Å². The average Bonchev–Trinajstić information content (AvgIpc) is 3.21. The highest BCUT2D eigenvalue weighted by molar-refractivity contribution is 5.88. The Kier molecular flexibility index (Phi) is 4.39. The SMILES string of the molecule is CC1C(=O)NCCN1C(=O)CCCNC(=O)C1CC1. The van der Waals surface area contributed by atoms with Crippen molar-refractivity contribution in [2.24, 2.45) is 5.92 Å². The molecular formula is C13H21N3O3. The Bertz CT molecular complexity index is 379. The minimum absolute atomic E-state index is 0.0111. The molecule has 1 unspecified atom stereocenters. The first-order valence-corrected chi connectivity index (χ1v) is 6.94. The van der Waals surface area contributed by atoms with E-state index in [0.717, 1.165) is 12.8 Å². The molecule has 1 atom stereocenters. The number of amides is 3. The van der Waals surface area contributed by atoms with Crippen molar-refractivity contribution >= 4 is 17.7 Å². The third-order valence-corrected chi connectivity index (χ3v) is 3.63. The number of nitrogens with zero attached hydrogens (tertiary/aromatic N) is 1. The molecule has 0 radical (unpaired) electrons. The minimum atomic E-state index is -0.387. The molecule has 2 N–H and O–H groups in total. The fourth-order valence-corrected chi connectivity index (χ4v) is 2.21. The van der Waals surface area contributed by atoms with Crippen LogP contribution < -0.4 is 10.6 Å². The van der Waals surface area contributed by atoms with Crippen molar-refractivity contribution in [2.45, 2.75) is 38.6 Å². The number of carbonyl (C=O) groups excluding carboxylic acids is 3. The molecule has 6 heteroatoms.